The monoisotopic (exact) mass is 678 g/mol. The van der Waals surface area contributed by atoms with Crippen molar-refractivity contribution < 1.29 is 8.83 Å². The Morgan fingerprint density at radius 3 is 1.92 bits per heavy atom. The standard InChI is InChI=1S/C49H30N2O2/c1-2-10-40-32(7-1)14-15-33-16-17-35(28-44(33)40)34-8-5-9-38(27-34)51(39-23-25-47-45(30-39)43-12-6-26-50-49(43)53-47)37-21-18-31(19-22-37)36-20-24-42-41-11-3-4-13-46(41)52-48(42)29-36/h1-30H. The van der Waals surface area contributed by atoms with Gasteiger partial charge in [0, 0.05) is 44.8 Å². The zero-order valence-electron chi connectivity index (χ0n) is 28.5. The van der Waals surface area contributed by atoms with E-state index in [0.29, 0.717) is 5.71 Å². The molecule has 0 aliphatic rings. The van der Waals surface area contributed by atoms with Crippen molar-refractivity contribution in [1.82, 2.24) is 4.98 Å². The summed E-state index contributed by atoms with van der Waals surface area (Å²) in [5.41, 5.74) is 10.9. The highest BCUT2D eigenvalue weighted by molar-refractivity contribution is 6.09. The number of fused-ring (bicyclic) bond motifs is 9. The molecule has 0 aliphatic heterocycles. The fourth-order valence-electron chi connectivity index (χ4n) is 7.90. The first-order valence-electron chi connectivity index (χ1n) is 17.8. The van der Waals surface area contributed by atoms with E-state index in [9.17, 15) is 0 Å². The van der Waals surface area contributed by atoms with E-state index >= 15 is 0 Å². The van der Waals surface area contributed by atoms with Gasteiger partial charge in [-0.2, -0.15) is 0 Å². The first-order valence-corrected chi connectivity index (χ1v) is 17.8. The number of pyridine rings is 1. The van der Waals surface area contributed by atoms with Crippen molar-refractivity contribution in [3.63, 3.8) is 0 Å². The van der Waals surface area contributed by atoms with Gasteiger partial charge in [-0.05, 0) is 123 Å². The van der Waals surface area contributed by atoms with Gasteiger partial charge in [0.25, 0.3) is 0 Å². The maximum Gasteiger partial charge on any atom is 0.227 e. The predicted octanol–water partition coefficient (Wildman–Crippen LogP) is 14.0. The molecule has 0 spiro atoms. The van der Waals surface area contributed by atoms with Gasteiger partial charge in [-0.15, -0.1) is 0 Å². The van der Waals surface area contributed by atoms with Crippen LogP contribution in [0.25, 0.3) is 87.8 Å². The molecular formula is C49H30N2O2. The topological polar surface area (TPSA) is 42.4 Å². The predicted molar refractivity (Wildman–Crippen MR) is 219 cm³/mol. The van der Waals surface area contributed by atoms with Crippen LogP contribution in [0.2, 0.25) is 0 Å². The molecule has 8 aromatic carbocycles. The Morgan fingerprint density at radius 2 is 1.00 bits per heavy atom. The highest BCUT2D eigenvalue weighted by atomic mass is 16.3. The van der Waals surface area contributed by atoms with Gasteiger partial charge in [-0.1, -0.05) is 97.1 Å². The lowest BCUT2D eigenvalue weighted by atomic mass is 9.97. The minimum Gasteiger partial charge on any atom is -0.456 e. The number of benzene rings is 8. The molecule has 3 aromatic heterocycles. The summed E-state index contributed by atoms with van der Waals surface area (Å²) in [4.78, 5) is 6.80. The number of hydrogen-bond acceptors (Lipinski definition) is 4. The van der Waals surface area contributed by atoms with Gasteiger partial charge in [0.15, 0.2) is 0 Å². The Hall–Kier alpha value is -7.17. The lowest BCUT2D eigenvalue weighted by Gasteiger charge is -2.26. The van der Waals surface area contributed by atoms with Crippen molar-refractivity contribution in [1.29, 1.82) is 0 Å². The number of hydrogen-bond donors (Lipinski definition) is 0. The first-order chi connectivity index (χ1) is 26.2. The lowest BCUT2D eigenvalue weighted by molar-refractivity contribution is 0.654. The van der Waals surface area contributed by atoms with Gasteiger partial charge in [0.1, 0.15) is 16.7 Å². The second-order valence-electron chi connectivity index (χ2n) is 13.6. The average Bonchev–Trinajstić information content (AvgIpc) is 3.79. The molecule has 0 saturated carbocycles. The van der Waals surface area contributed by atoms with E-state index in [4.69, 9.17) is 8.83 Å². The molecule has 11 rings (SSSR count). The molecule has 0 radical (unpaired) electrons. The quantitative estimate of drug-likeness (QED) is 0.170. The average molecular weight is 679 g/mol. The van der Waals surface area contributed by atoms with Gasteiger partial charge < -0.3 is 13.7 Å². The second kappa shape index (κ2) is 11.7. The molecule has 0 saturated heterocycles. The van der Waals surface area contributed by atoms with E-state index in [0.717, 1.165) is 72.0 Å². The molecule has 0 fully saturated rings. The highest BCUT2D eigenvalue weighted by Gasteiger charge is 2.17. The van der Waals surface area contributed by atoms with Gasteiger partial charge in [-0.3, -0.25) is 0 Å². The van der Waals surface area contributed by atoms with Crippen molar-refractivity contribution in [3.8, 4) is 22.3 Å². The van der Waals surface area contributed by atoms with E-state index in [2.05, 4.69) is 168 Å². The molecule has 248 valence electrons. The summed E-state index contributed by atoms with van der Waals surface area (Å²) in [5.74, 6) is 0. The summed E-state index contributed by atoms with van der Waals surface area (Å²) in [7, 11) is 0. The minimum absolute atomic E-state index is 0.641. The van der Waals surface area contributed by atoms with E-state index in [1.807, 2.05) is 18.2 Å². The molecule has 0 amide bonds. The number of aromatic nitrogens is 1. The number of para-hydroxylation sites is 1. The summed E-state index contributed by atoms with van der Waals surface area (Å²) in [6.45, 7) is 0. The van der Waals surface area contributed by atoms with Crippen LogP contribution in [0.15, 0.2) is 191 Å². The van der Waals surface area contributed by atoms with Crippen LogP contribution in [-0.4, -0.2) is 4.98 Å². The normalized spacial score (nSPS) is 11.8. The van der Waals surface area contributed by atoms with Gasteiger partial charge in [-0.25, -0.2) is 4.98 Å². The van der Waals surface area contributed by atoms with Crippen LogP contribution in [0, 0.1) is 0 Å². The van der Waals surface area contributed by atoms with Gasteiger partial charge in [0.05, 0.1) is 0 Å². The van der Waals surface area contributed by atoms with Crippen LogP contribution >= 0.6 is 0 Å². The smallest absolute Gasteiger partial charge is 0.227 e. The van der Waals surface area contributed by atoms with Crippen LogP contribution in [0.5, 0.6) is 0 Å². The fraction of sp³-hybridized carbons (Fsp3) is 0. The van der Waals surface area contributed by atoms with E-state index < -0.39 is 0 Å². The lowest BCUT2D eigenvalue weighted by Crippen LogP contribution is -2.10. The maximum atomic E-state index is 6.22. The van der Waals surface area contributed by atoms with E-state index in [-0.39, 0.29) is 0 Å². The Bertz CT molecular complexity index is 3190. The van der Waals surface area contributed by atoms with Gasteiger partial charge >= 0.3 is 0 Å². The molecule has 0 bridgehead atoms. The summed E-state index contributed by atoms with van der Waals surface area (Å²) in [6, 6.07) is 62.5. The third-order valence-electron chi connectivity index (χ3n) is 10.5. The molecule has 0 unspecified atom stereocenters. The molecule has 4 nitrogen and oxygen atoms in total. The van der Waals surface area contributed by atoms with E-state index in [1.165, 1.54) is 27.1 Å². The summed E-state index contributed by atoms with van der Waals surface area (Å²) < 4.78 is 12.3. The van der Waals surface area contributed by atoms with E-state index in [1.54, 1.807) is 6.20 Å². The third-order valence-corrected chi connectivity index (χ3v) is 10.5. The maximum absolute atomic E-state index is 6.22. The van der Waals surface area contributed by atoms with Crippen LogP contribution in [0.4, 0.5) is 17.1 Å². The van der Waals surface area contributed by atoms with Crippen LogP contribution in [0.1, 0.15) is 0 Å². The van der Waals surface area contributed by atoms with Crippen LogP contribution in [0.3, 0.4) is 0 Å². The minimum atomic E-state index is 0.641. The summed E-state index contributed by atoms with van der Waals surface area (Å²) in [6.07, 6.45) is 1.77. The molecular weight excluding hydrogens is 649 g/mol. The molecule has 0 N–H and O–H groups in total. The molecule has 4 heteroatoms. The Labute approximate surface area is 304 Å². The van der Waals surface area contributed by atoms with Crippen molar-refractivity contribution in [2.75, 3.05) is 4.90 Å². The number of anilines is 3. The SMILES string of the molecule is c1cc(-c2ccc3ccc4ccccc4c3c2)cc(N(c2ccc(-c3ccc4c(c3)oc3ccccc34)cc2)c2ccc3oc4ncccc4c3c2)c1. The molecule has 0 atom stereocenters. The van der Waals surface area contributed by atoms with Crippen molar-refractivity contribution in [2.45, 2.75) is 0 Å². The van der Waals surface area contributed by atoms with Crippen LogP contribution < -0.4 is 4.90 Å². The first kappa shape index (κ1) is 29.5. The van der Waals surface area contributed by atoms with Crippen molar-refractivity contribution >= 4 is 82.6 Å². The zero-order valence-corrected chi connectivity index (χ0v) is 28.5. The van der Waals surface area contributed by atoms with Crippen LogP contribution in [-0.2, 0) is 0 Å². The zero-order chi connectivity index (χ0) is 34.9. The second-order valence-corrected chi connectivity index (χ2v) is 13.6. The van der Waals surface area contributed by atoms with Crippen molar-refractivity contribution in [3.05, 3.63) is 182 Å². The Kier molecular flexibility index (Phi) is 6.52. The molecule has 11 aromatic rings. The number of nitrogens with zero attached hydrogens (tertiary/aromatic N) is 2. The molecule has 53 heavy (non-hydrogen) atoms. The molecule has 3 heterocycles. The summed E-state index contributed by atoms with van der Waals surface area (Å²) >= 11 is 0. The largest absolute Gasteiger partial charge is 0.456 e. The number of furan rings is 2. The number of rotatable bonds is 5. The Balaban J connectivity index is 1.04. The highest BCUT2D eigenvalue weighted by Crippen LogP contribution is 2.41. The van der Waals surface area contributed by atoms with Gasteiger partial charge in [0.2, 0.25) is 5.71 Å². The third kappa shape index (κ3) is 4.88. The fourth-order valence-corrected chi connectivity index (χ4v) is 7.90. The summed E-state index contributed by atoms with van der Waals surface area (Å²) in [5, 5.41) is 9.29. The Morgan fingerprint density at radius 1 is 0.340 bits per heavy atom. The van der Waals surface area contributed by atoms with Crippen molar-refractivity contribution in [2.24, 2.45) is 0 Å². The molecule has 0 aliphatic carbocycles.